The van der Waals surface area contributed by atoms with E-state index in [0.717, 1.165) is 98.7 Å². The average molecular weight is 586 g/mol. The summed E-state index contributed by atoms with van der Waals surface area (Å²) in [5, 5.41) is 7.55. The van der Waals surface area contributed by atoms with E-state index in [0.29, 0.717) is 0 Å². The fraction of sp³-hybridized carbons (Fsp3) is 0. The highest BCUT2D eigenvalue weighted by Crippen LogP contribution is 2.40. The Labute approximate surface area is 262 Å². The second-order valence-electron chi connectivity index (χ2n) is 11.7. The summed E-state index contributed by atoms with van der Waals surface area (Å²) in [7, 11) is 0. The van der Waals surface area contributed by atoms with Crippen LogP contribution in [0.4, 0.5) is 0 Å². The molecule has 46 heavy (non-hydrogen) atoms. The standard InChI is InChI=1S/C41H23N5/c1-3-11-33-28(9-1)36(30-17-13-24-7-5-21-42-38(24)40(30)45-33)27-16-19-32-26(23-27)15-20-35(44-32)37-29-10-2-4-12-34(29)46-41-31(37)18-14-25-8-6-22-43-39(25)41/h1-23H. The number of nitrogens with zero attached hydrogens (tertiary/aromatic N) is 5. The Balaban J connectivity index is 1.21. The van der Waals surface area contributed by atoms with Gasteiger partial charge in [-0.3, -0.25) is 9.97 Å². The van der Waals surface area contributed by atoms with Crippen molar-refractivity contribution in [2.24, 2.45) is 0 Å². The molecule has 5 aromatic heterocycles. The Morgan fingerprint density at radius 2 is 0.935 bits per heavy atom. The van der Waals surface area contributed by atoms with Crippen LogP contribution in [-0.4, -0.2) is 24.9 Å². The van der Waals surface area contributed by atoms with Crippen LogP contribution in [0.1, 0.15) is 0 Å². The largest absolute Gasteiger partial charge is 0.254 e. The molecule has 0 aliphatic carbocycles. The van der Waals surface area contributed by atoms with E-state index in [9.17, 15) is 0 Å². The molecule has 10 aromatic rings. The van der Waals surface area contributed by atoms with Crippen molar-refractivity contribution in [1.29, 1.82) is 0 Å². The van der Waals surface area contributed by atoms with Crippen LogP contribution in [0.25, 0.3) is 98.7 Å². The van der Waals surface area contributed by atoms with Gasteiger partial charge in [0, 0.05) is 61.2 Å². The number of fused-ring (bicyclic) bond motifs is 9. The first-order chi connectivity index (χ1) is 22.8. The molecule has 0 atom stereocenters. The molecular weight excluding hydrogens is 562 g/mol. The van der Waals surface area contributed by atoms with Crippen LogP contribution in [0.15, 0.2) is 140 Å². The molecule has 0 saturated heterocycles. The predicted molar refractivity (Wildman–Crippen MR) is 189 cm³/mol. The minimum atomic E-state index is 0.891. The van der Waals surface area contributed by atoms with Gasteiger partial charge in [-0.05, 0) is 48.0 Å². The van der Waals surface area contributed by atoms with E-state index in [-0.39, 0.29) is 0 Å². The molecule has 0 N–H and O–H groups in total. The number of hydrogen-bond donors (Lipinski definition) is 0. The molecular formula is C41H23N5. The number of pyridine rings is 5. The zero-order valence-corrected chi connectivity index (χ0v) is 24.5. The maximum atomic E-state index is 5.26. The Bertz CT molecular complexity index is 2680. The van der Waals surface area contributed by atoms with E-state index in [2.05, 4.69) is 103 Å². The van der Waals surface area contributed by atoms with Gasteiger partial charge in [0.25, 0.3) is 0 Å². The number of benzene rings is 5. The van der Waals surface area contributed by atoms with Gasteiger partial charge in [0.2, 0.25) is 0 Å². The smallest absolute Gasteiger partial charge is 0.0979 e. The van der Waals surface area contributed by atoms with Crippen molar-refractivity contribution in [3.05, 3.63) is 140 Å². The van der Waals surface area contributed by atoms with Crippen LogP contribution in [0, 0.1) is 0 Å². The van der Waals surface area contributed by atoms with Crippen molar-refractivity contribution in [2.75, 3.05) is 0 Å². The number of hydrogen-bond acceptors (Lipinski definition) is 5. The maximum Gasteiger partial charge on any atom is 0.0979 e. The van der Waals surface area contributed by atoms with Crippen LogP contribution < -0.4 is 0 Å². The highest BCUT2D eigenvalue weighted by atomic mass is 14.8. The summed E-state index contributed by atoms with van der Waals surface area (Å²) in [6, 6.07) is 44.2. The van der Waals surface area contributed by atoms with Gasteiger partial charge >= 0.3 is 0 Å². The highest BCUT2D eigenvalue weighted by Gasteiger charge is 2.17. The van der Waals surface area contributed by atoms with Crippen molar-refractivity contribution < 1.29 is 0 Å². The molecule has 0 amide bonds. The molecule has 5 heteroatoms. The maximum absolute atomic E-state index is 5.26. The van der Waals surface area contributed by atoms with Crippen molar-refractivity contribution in [1.82, 2.24) is 24.9 Å². The number of para-hydroxylation sites is 2. The summed E-state index contributed by atoms with van der Waals surface area (Å²) < 4.78 is 0. The Hall–Kier alpha value is -6.33. The predicted octanol–water partition coefficient (Wildman–Crippen LogP) is 10.1. The lowest BCUT2D eigenvalue weighted by atomic mass is 9.94. The molecule has 0 bridgehead atoms. The molecule has 5 nitrogen and oxygen atoms in total. The van der Waals surface area contributed by atoms with Crippen LogP contribution in [0.5, 0.6) is 0 Å². The molecule has 212 valence electrons. The molecule has 10 rings (SSSR count). The molecule has 0 spiro atoms. The van der Waals surface area contributed by atoms with Crippen LogP contribution in [0.3, 0.4) is 0 Å². The summed E-state index contributed by atoms with van der Waals surface area (Å²) in [5.41, 5.74) is 10.7. The summed E-state index contributed by atoms with van der Waals surface area (Å²) in [6.07, 6.45) is 3.67. The molecule has 0 saturated carbocycles. The SMILES string of the molecule is c1cnc2c(c1)ccc1c(-c3ccc4nc(-c5c6ccccc6nc6c5ccc5cccnc56)ccc4c3)c3ccccc3nc12. The Morgan fingerprint density at radius 3 is 1.61 bits per heavy atom. The van der Waals surface area contributed by atoms with Gasteiger partial charge in [0.1, 0.15) is 0 Å². The molecule has 0 aliphatic rings. The molecule has 0 aliphatic heterocycles. The Kier molecular flexibility index (Phi) is 5.22. The van der Waals surface area contributed by atoms with E-state index in [1.807, 2.05) is 36.7 Å². The first kappa shape index (κ1) is 25.0. The third-order valence-electron chi connectivity index (χ3n) is 9.08. The molecule has 5 aromatic carbocycles. The lowest BCUT2D eigenvalue weighted by Gasteiger charge is -2.14. The number of aromatic nitrogens is 5. The van der Waals surface area contributed by atoms with Gasteiger partial charge in [0.05, 0.1) is 44.3 Å². The Morgan fingerprint density at radius 1 is 0.348 bits per heavy atom. The number of rotatable bonds is 2. The van der Waals surface area contributed by atoms with Crippen LogP contribution in [0.2, 0.25) is 0 Å². The van der Waals surface area contributed by atoms with E-state index < -0.39 is 0 Å². The quantitative estimate of drug-likeness (QED) is 0.149. The lowest BCUT2D eigenvalue weighted by Crippen LogP contribution is -1.94. The van der Waals surface area contributed by atoms with Crippen molar-refractivity contribution in [3.8, 4) is 22.4 Å². The summed E-state index contributed by atoms with van der Waals surface area (Å²) in [5.74, 6) is 0. The summed E-state index contributed by atoms with van der Waals surface area (Å²) >= 11 is 0. The normalized spacial score (nSPS) is 11.9. The van der Waals surface area contributed by atoms with E-state index in [4.69, 9.17) is 24.9 Å². The van der Waals surface area contributed by atoms with Gasteiger partial charge < -0.3 is 0 Å². The lowest BCUT2D eigenvalue weighted by molar-refractivity contribution is 1.39. The third kappa shape index (κ3) is 3.66. The fourth-order valence-electron chi connectivity index (χ4n) is 6.99. The van der Waals surface area contributed by atoms with Gasteiger partial charge in [-0.2, -0.15) is 0 Å². The second-order valence-corrected chi connectivity index (χ2v) is 11.7. The zero-order chi connectivity index (χ0) is 30.2. The van der Waals surface area contributed by atoms with E-state index in [1.54, 1.807) is 0 Å². The average Bonchev–Trinajstić information content (AvgIpc) is 3.12. The van der Waals surface area contributed by atoms with Gasteiger partial charge in [0.15, 0.2) is 0 Å². The summed E-state index contributed by atoms with van der Waals surface area (Å²) in [6.45, 7) is 0. The van der Waals surface area contributed by atoms with Gasteiger partial charge in [-0.15, -0.1) is 0 Å². The first-order valence-corrected chi connectivity index (χ1v) is 15.3. The fourth-order valence-corrected chi connectivity index (χ4v) is 6.99. The van der Waals surface area contributed by atoms with E-state index >= 15 is 0 Å². The van der Waals surface area contributed by atoms with Crippen molar-refractivity contribution in [2.45, 2.75) is 0 Å². The third-order valence-corrected chi connectivity index (χ3v) is 9.08. The van der Waals surface area contributed by atoms with Crippen molar-refractivity contribution in [3.63, 3.8) is 0 Å². The minimum absolute atomic E-state index is 0.891. The van der Waals surface area contributed by atoms with Crippen LogP contribution in [-0.2, 0) is 0 Å². The van der Waals surface area contributed by atoms with E-state index in [1.165, 1.54) is 0 Å². The monoisotopic (exact) mass is 585 g/mol. The van der Waals surface area contributed by atoms with Crippen LogP contribution >= 0.6 is 0 Å². The zero-order valence-electron chi connectivity index (χ0n) is 24.5. The van der Waals surface area contributed by atoms with Gasteiger partial charge in [-0.25, -0.2) is 15.0 Å². The van der Waals surface area contributed by atoms with Crippen molar-refractivity contribution >= 4 is 76.3 Å². The first-order valence-electron chi connectivity index (χ1n) is 15.3. The minimum Gasteiger partial charge on any atom is -0.254 e. The molecule has 5 heterocycles. The van der Waals surface area contributed by atoms with Gasteiger partial charge in [-0.1, -0.05) is 84.9 Å². The highest BCUT2D eigenvalue weighted by molar-refractivity contribution is 6.17. The summed E-state index contributed by atoms with van der Waals surface area (Å²) in [4.78, 5) is 24.8. The topological polar surface area (TPSA) is 64.5 Å². The molecule has 0 radical (unpaired) electrons. The molecule has 0 unspecified atom stereocenters. The second kappa shape index (κ2) is 9.58. The molecule has 0 fully saturated rings.